The van der Waals surface area contributed by atoms with E-state index in [4.69, 9.17) is 17.4 Å². The number of methoxy groups -OCH3 is 1. The van der Waals surface area contributed by atoms with Crippen LogP contribution in [0.1, 0.15) is 24.1 Å². The average Bonchev–Trinajstić information content (AvgIpc) is 3.03. The van der Waals surface area contributed by atoms with Crippen LogP contribution in [0, 0.1) is 0 Å². The van der Waals surface area contributed by atoms with Crippen molar-refractivity contribution in [3.63, 3.8) is 0 Å². The van der Waals surface area contributed by atoms with E-state index in [2.05, 4.69) is 44.4 Å². The number of phenols is 1. The first-order valence-electron chi connectivity index (χ1n) is 14.8. The van der Waals surface area contributed by atoms with Crippen LogP contribution in [-0.2, 0) is 30.4 Å². The number of rotatable bonds is 5. The van der Waals surface area contributed by atoms with E-state index in [1.54, 1.807) is 24.1 Å². The molecule has 230 valence electrons. The van der Waals surface area contributed by atoms with Crippen molar-refractivity contribution in [3.8, 4) is 11.8 Å². The number of carbonyl (C=O) groups excluding carboxylic acids is 1. The Kier molecular flexibility index (Phi) is 12.8. The van der Waals surface area contributed by atoms with E-state index in [1.807, 2.05) is 18.2 Å². The number of phenolic OH excluding ortho intramolecular Hbond substituents is 1. The Morgan fingerprint density at radius 2 is 1.95 bits per heavy atom. The Morgan fingerprint density at radius 3 is 2.64 bits per heavy atom. The Labute approximate surface area is 307 Å². The number of carbonyl (C=O) groups is 1. The monoisotopic (exact) mass is 644 g/mol. The summed E-state index contributed by atoms with van der Waals surface area (Å²) in [6.45, 7) is 8.54. The van der Waals surface area contributed by atoms with Crippen molar-refractivity contribution in [3.05, 3.63) is 60.3 Å². The number of fused-ring (bicyclic) bond motifs is 2. The first-order valence-corrected chi connectivity index (χ1v) is 15.3. The number of aliphatic hydroxyl groups is 1. The topological polar surface area (TPSA) is 106 Å². The molecular formula is C32H41KN6O4S. The van der Waals surface area contributed by atoms with Gasteiger partial charge < -0.3 is 47.2 Å². The number of hydrogen-bond acceptors (Lipinski definition) is 10. The second-order valence-corrected chi connectivity index (χ2v) is 12.0. The van der Waals surface area contributed by atoms with Gasteiger partial charge >= 0.3 is 57.4 Å². The SMILES string of the molecule is C=CC(=O)N1CCN(c2nc(OC)nc3c2CCN(c2cc(O)cc4ccccc24)C3)C(CO)C1.CN1CCCC([S-])C1.[K+]. The van der Waals surface area contributed by atoms with Gasteiger partial charge in [-0.1, -0.05) is 37.3 Å². The van der Waals surface area contributed by atoms with Gasteiger partial charge in [-0.25, -0.2) is 0 Å². The molecule has 0 saturated carbocycles. The van der Waals surface area contributed by atoms with Crippen molar-refractivity contribution in [1.29, 1.82) is 0 Å². The molecule has 2 N–H and O–H groups in total. The first kappa shape index (κ1) is 35.0. The number of piperazine rings is 1. The molecule has 0 aliphatic carbocycles. The molecule has 10 nitrogen and oxygen atoms in total. The molecule has 0 spiro atoms. The molecular weight excluding hydrogens is 604 g/mol. The van der Waals surface area contributed by atoms with Crippen molar-refractivity contribution in [1.82, 2.24) is 19.8 Å². The number of anilines is 2. The van der Waals surface area contributed by atoms with Gasteiger partial charge in [0.25, 0.3) is 0 Å². The summed E-state index contributed by atoms with van der Waals surface area (Å²) >= 11 is 5.12. The zero-order valence-electron chi connectivity index (χ0n) is 26.0. The van der Waals surface area contributed by atoms with Crippen molar-refractivity contribution in [2.45, 2.75) is 37.1 Å². The average molecular weight is 645 g/mol. The molecule has 2 atom stereocenters. The van der Waals surface area contributed by atoms with Crippen LogP contribution in [0.4, 0.5) is 11.5 Å². The summed E-state index contributed by atoms with van der Waals surface area (Å²) in [5.74, 6) is 0.833. The molecule has 1 aromatic heterocycles. The van der Waals surface area contributed by atoms with Gasteiger partial charge in [0.15, 0.2) is 0 Å². The third-order valence-electron chi connectivity index (χ3n) is 8.40. The fourth-order valence-corrected chi connectivity index (χ4v) is 6.62. The molecule has 2 aromatic carbocycles. The van der Waals surface area contributed by atoms with Gasteiger partial charge in [0.1, 0.15) is 11.6 Å². The molecule has 3 aromatic rings. The number of benzene rings is 2. The molecule has 0 bridgehead atoms. The quantitative estimate of drug-likeness (QED) is 0.219. The van der Waals surface area contributed by atoms with Gasteiger partial charge in [0.05, 0.1) is 32.0 Å². The van der Waals surface area contributed by atoms with Crippen molar-refractivity contribution >= 4 is 40.8 Å². The maximum atomic E-state index is 12.1. The minimum absolute atomic E-state index is 0. The maximum absolute atomic E-state index is 12.1. The van der Waals surface area contributed by atoms with Crippen LogP contribution in [-0.4, -0.2) is 107 Å². The van der Waals surface area contributed by atoms with E-state index in [0.29, 0.717) is 37.8 Å². The molecule has 2 saturated heterocycles. The molecule has 3 aliphatic rings. The van der Waals surface area contributed by atoms with Gasteiger partial charge in [-0.3, -0.25) is 4.79 Å². The summed E-state index contributed by atoms with van der Waals surface area (Å²) in [4.78, 5) is 29.8. The van der Waals surface area contributed by atoms with Gasteiger partial charge in [-0.2, -0.15) is 15.2 Å². The number of aromatic nitrogens is 2. The van der Waals surface area contributed by atoms with Crippen molar-refractivity contribution < 1.29 is 71.1 Å². The van der Waals surface area contributed by atoms with Gasteiger partial charge in [0, 0.05) is 48.9 Å². The normalized spacial score (nSPS) is 20.2. The van der Waals surface area contributed by atoms with Crippen LogP contribution < -0.4 is 65.9 Å². The minimum Gasteiger partial charge on any atom is -0.788 e. The van der Waals surface area contributed by atoms with Crippen molar-refractivity contribution in [2.75, 3.05) is 69.8 Å². The van der Waals surface area contributed by atoms with E-state index in [0.717, 1.165) is 46.6 Å². The number of nitrogens with zero attached hydrogens (tertiary/aromatic N) is 6. The molecule has 6 rings (SSSR count). The first-order chi connectivity index (χ1) is 20.8. The summed E-state index contributed by atoms with van der Waals surface area (Å²) in [7, 11) is 3.68. The zero-order chi connectivity index (χ0) is 30.5. The summed E-state index contributed by atoms with van der Waals surface area (Å²) < 4.78 is 5.44. The Balaban J connectivity index is 0.000000428. The van der Waals surface area contributed by atoms with Crippen LogP contribution in [0.2, 0.25) is 0 Å². The summed E-state index contributed by atoms with van der Waals surface area (Å²) in [5, 5.41) is 23.0. The molecule has 4 heterocycles. The standard InChI is InChI=1S/C26H29N5O4.C6H13NS.K/c1-3-24(34)30-10-11-31(18(14-30)16-32)25-21-8-9-29(15-22(21)27-26(28-25)35-2)23-13-19(33)12-17-6-4-5-7-20(17)23;1-7-4-2-3-6(8)5-7;/h3-7,12-13,18,32-33H,1,8-11,14-16H2,2H3;6,8H,2-5H2,1H3;/q;;+1/p-1. The molecule has 1 amide bonds. The zero-order valence-corrected chi connectivity index (χ0v) is 29.9. The predicted octanol–water partition coefficient (Wildman–Crippen LogP) is -0.266. The van der Waals surface area contributed by atoms with E-state index >= 15 is 0 Å². The number of aromatic hydroxyl groups is 1. The van der Waals surface area contributed by atoms with Crippen LogP contribution >= 0.6 is 0 Å². The molecule has 2 unspecified atom stereocenters. The summed E-state index contributed by atoms with van der Waals surface area (Å²) in [6, 6.07) is 11.5. The van der Waals surface area contributed by atoms with Crippen LogP contribution in [0.5, 0.6) is 11.8 Å². The second-order valence-electron chi connectivity index (χ2n) is 11.4. The minimum atomic E-state index is -0.288. The number of hydrogen-bond donors (Lipinski definition) is 2. The smallest absolute Gasteiger partial charge is 0.788 e. The summed E-state index contributed by atoms with van der Waals surface area (Å²) in [6.07, 6.45) is 4.55. The largest absolute Gasteiger partial charge is 1.00 e. The van der Waals surface area contributed by atoms with Gasteiger partial charge in [0.2, 0.25) is 5.91 Å². The van der Waals surface area contributed by atoms with E-state index in [9.17, 15) is 15.0 Å². The third kappa shape index (κ3) is 8.08. The van der Waals surface area contributed by atoms with E-state index < -0.39 is 0 Å². The molecule has 3 aliphatic heterocycles. The Morgan fingerprint density at radius 1 is 1.16 bits per heavy atom. The predicted molar refractivity (Wildman–Crippen MR) is 172 cm³/mol. The molecule has 44 heavy (non-hydrogen) atoms. The van der Waals surface area contributed by atoms with Crippen LogP contribution in [0.15, 0.2) is 49.1 Å². The number of ether oxygens (including phenoxy) is 1. The molecule has 12 heteroatoms. The maximum Gasteiger partial charge on any atom is 1.00 e. The van der Waals surface area contributed by atoms with E-state index in [-0.39, 0.29) is 81.7 Å². The fourth-order valence-electron chi connectivity index (χ4n) is 6.20. The third-order valence-corrected chi connectivity index (χ3v) is 8.79. The number of likely N-dealkylation sites (tertiary alicyclic amines) is 1. The Hall–Kier alpha value is -1.90. The second kappa shape index (κ2) is 16.1. The van der Waals surface area contributed by atoms with E-state index in [1.165, 1.54) is 25.5 Å². The number of piperidine rings is 1. The molecule has 0 radical (unpaired) electrons. The van der Waals surface area contributed by atoms with Crippen molar-refractivity contribution in [2.24, 2.45) is 0 Å². The Bertz CT molecular complexity index is 1450. The molecule has 2 fully saturated rings. The summed E-state index contributed by atoms with van der Waals surface area (Å²) in [5.41, 5.74) is 2.83. The number of amides is 1. The van der Waals surface area contributed by atoms with Crippen LogP contribution in [0.25, 0.3) is 10.8 Å². The van der Waals surface area contributed by atoms with Crippen LogP contribution in [0.3, 0.4) is 0 Å². The van der Waals surface area contributed by atoms with Gasteiger partial charge in [-0.15, -0.1) is 0 Å². The fraction of sp³-hybridized carbons (Fsp3) is 0.469. The number of aliphatic hydroxyl groups excluding tert-OH is 1. The van der Waals surface area contributed by atoms with Gasteiger partial charge in [-0.05, 0) is 50.5 Å².